The van der Waals surface area contributed by atoms with Crippen molar-refractivity contribution in [1.29, 1.82) is 0 Å². The van der Waals surface area contributed by atoms with Crippen molar-refractivity contribution in [1.82, 2.24) is 0 Å². The minimum Gasteiger partial charge on any atom is -0.310 e. The summed E-state index contributed by atoms with van der Waals surface area (Å²) in [6.07, 6.45) is 0. The fourth-order valence-electron chi connectivity index (χ4n) is 10.7. The van der Waals surface area contributed by atoms with Gasteiger partial charge in [0, 0.05) is 22.5 Å². The summed E-state index contributed by atoms with van der Waals surface area (Å²) in [5.41, 5.74) is 22.3. The monoisotopic (exact) mass is 795 g/mol. The molecule has 0 amide bonds. The molecule has 11 rings (SSSR count). The van der Waals surface area contributed by atoms with Gasteiger partial charge in [-0.15, -0.1) is 0 Å². The first-order valence-corrected chi connectivity index (χ1v) is 22.0. The van der Waals surface area contributed by atoms with Gasteiger partial charge in [0.05, 0.1) is 5.41 Å². The predicted octanol–water partition coefficient (Wildman–Crippen LogP) is 16.3. The van der Waals surface area contributed by atoms with E-state index in [1.165, 1.54) is 83.5 Å². The van der Waals surface area contributed by atoms with Gasteiger partial charge in [0.25, 0.3) is 0 Å². The Labute approximate surface area is 366 Å². The average molecular weight is 796 g/mol. The normalized spacial score (nSPS) is 13.9. The smallest absolute Gasteiger partial charge is 0.0713 e. The molecule has 0 radical (unpaired) electrons. The zero-order valence-electron chi connectivity index (χ0n) is 35.8. The lowest BCUT2D eigenvalue weighted by Crippen LogP contribution is -2.28. The molecular weight excluding hydrogens is 747 g/mol. The van der Waals surface area contributed by atoms with Gasteiger partial charge in [0.2, 0.25) is 0 Å². The van der Waals surface area contributed by atoms with Crippen molar-refractivity contribution in [2.45, 2.75) is 44.4 Å². The molecular formula is C61H49N. The fraction of sp³-hybridized carbons (Fsp3) is 0.115. The first-order chi connectivity index (χ1) is 30.3. The largest absolute Gasteiger partial charge is 0.310 e. The molecule has 0 N–H and O–H groups in total. The Kier molecular flexibility index (Phi) is 8.98. The highest BCUT2D eigenvalue weighted by Crippen LogP contribution is 2.58. The maximum absolute atomic E-state index is 2.44. The molecule has 9 aromatic rings. The Morgan fingerprint density at radius 1 is 0.355 bits per heavy atom. The molecule has 0 aromatic heterocycles. The van der Waals surface area contributed by atoms with E-state index >= 15 is 0 Å². The van der Waals surface area contributed by atoms with Gasteiger partial charge in [-0.1, -0.05) is 204 Å². The number of nitrogens with zero attached hydrogens (tertiary/aromatic N) is 1. The van der Waals surface area contributed by atoms with Gasteiger partial charge < -0.3 is 4.90 Å². The van der Waals surface area contributed by atoms with Gasteiger partial charge in [-0.25, -0.2) is 0 Å². The molecule has 0 aliphatic heterocycles. The van der Waals surface area contributed by atoms with Crippen LogP contribution in [0.25, 0.3) is 44.5 Å². The topological polar surface area (TPSA) is 3.24 Å². The van der Waals surface area contributed by atoms with Gasteiger partial charge >= 0.3 is 0 Å². The zero-order valence-corrected chi connectivity index (χ0v) is 35.8. The van der Waals surface area contributed by atoms with Crippen molar-refractivity contribution in [3.05, 3.63) is 257 Å². The third kappa shape index (κ3) is 5.83. The summed E-state index contributed by atoms with van der Waals surface area (Å²) in [6.45, 7) is 9.24. The third-order valence-corrected chi connectivity index (χ3v) is 13.7. The zero-order chi connectivity index (χ0) is 42.0. The summed E-state index contributed by atoms with van der Waals surface area (Å²) < 4.78 is 0. The molecule has 0 fully saturated rings. The molecule has 2 aliphatic carbocycles. The molecule has 0 bridgehead atoms. The molecule has 0 heterocycles. The summed E-state index contributed by atoms with van der Waals surface area (Å²) in [5.74, 6) is 0.458. The molecule has 0 spiro atoms. The quantitative estimate of drug-likeness (QED) is 0.148. The molecule has 1 nitrogen and oxygen atoms in total. The van der Waals surface area contributed by atoms with Gasteiger partial charge in [0.15, 0.2) is 0 Å². The standard InChI is InChI=1S/C61H49N/c1-41(2)42-32-34-48(35-33-42)62(50-36-37-53-52-26-11-13-29-55(52)60(3,4)58(53)40-50)49-25-16-19-44(39-49)43-18-15-20-45(38-43)51-28-17-31-57-59(51)54-27-12-14-30-56(54)61(57,46-21-7-5-8-22-46)47-23-9-6-10-24-47/h5-41H,1-4H3. The molecule has 9 aromatic carbocycles. The van der Waals surface area contributed by atoms with Crippen LogP contribution in [-0.4, -0.2) is 0 Å². The van der Waals surface area contributed by atoms with Crippen molar-refractivity contribution in [3.63, 3.8) is 0 Å². The van der Waals surface area contributed by atoms with E-state index in [0.717, 1.165) is 17.1 Å². The second-order valence-corrected chi connectivity index (χ2v) is 17.9. The minimum atomic E-state index is -0.442. The van der Waals surface area contributed by atoms with Crippen LogP contribution in [0.2, 0.25) is 0 Å². The van der Waals surface area contributed by atoms with E-state index in [4.69, 9.17) is 0 Å². The van der Waals surface area contributed by atoms with Crippen LogP contribution in [0.15, 0.2) is 218 Å². The minimum absolute atomic E-state index is 0.0998. The number of fused-ring (bicyclic) bond motifs is 6. The lowest BCUT2D eigenvalue weighted by molar-refractivity contribution is 0.660. The van der Waals surface area contributed by atoms with E-state index in [1.54, 1.807) is 0 Å². The van der Waals surface area contributed by atoms with Crippen LogP contribution in [-0.2, 0) is 10.8 Å². The summed E-state index contributed by atoms with van der Waals surface area (Å²) in [7, 11) is 0. The lowest BCUT2D eigenvalue weighted by atomic mass is 9.67. The van der Waals surface area contributed by atoms with Crippen LogP contribution in [0.1, 0.15) is 72.6 Å². The number of anilines is 3. The Morgan fingerprint density at radius 2 is 0.871 bits per heavy atom. The van der Waals surface area contributed by atoms with Crippen LogP contribution in [0.5, 0.6) is 0 Å². The summed E-state index contributed by atoms with van der Waals surface area (Å²) in [4.78, 5) is 2.44. The van der Waals surface area contributed by atoms with Crippen molar-refractivity contribution in [2.24, 2.45) is 0 Å². The van der Waals surface area contributed by atoms with E-state index in [0.29, 0.717) is 5.92 Å². The molecule has 0 saturated heterocycles. The van der Waals surface area contributed by atoms with Crippen LogP contribution in [0.3, 0.4) is 0 Å². The number of hydrogen-bond donors (Lipinski definition) is 0. The van der Waals surface area contributed by atoms with E-state index in [-0.39, 0.29) is 5.41 Å². The average Bonchev–Trinajstić information content (AvgIpc) is 3.76. The lowest BCUT2D eigenvalue weighted by Gasteiger charge is -2.34. The SMILES string of the molecule is CC(C)c1ccc(N(c2cccc(-c3cccc(-c4cccc5c4-c4ccccc4C5(c4ccccc4)c4ccccc4)c3)c2)c2ccc3c(c2)C(C)(C)c2ccccc2-3)cc1. The summed E-state index contributed by atoms with van der Waals surface area (Å²) >= 11 is 0. The molecule has 0 saturated carbocycles. The fourth-order valence-corrected chi connectivity index (χ4v) is 10.7. The van der Waals surface area contributed by atoms with Gasteiger partial charge in [-0.2, -0.15) is 0 Å². The molecule has 298 valence electrons. The highest BCUT2D eigenvalue weighted by molar-refractivity contribution is 5.96. The number of hydrogen-bond acceptors (Lipinski definition) is 1. The van der Waals surface area contributed by atoms with Crippen molar-refractivity contribution in [3.8, 4) is 44.5 Å². The summed E-state index contributed by atoms with van der Waals surface area (Å²) in [5, 5.41) is 0. The maximum Gasteiger partial charge on any atom is 0.0713 e. The van der Waals surface area contributed by atoms with Crippen molar-refractivity contribution >= 4 is 17.1 Å². The van der Waals surface area contributed by atoms with Crippen LogP contribution in [0.4, 0.5) is 17.1 Å². The molecule has 1 heteroatoms. The Balaban J connectivity index is 1.04. The molecule has 0 atom stereocenters. The predicted molar refractivity (Wildman–Crippen MR) is 261 cm³/mol. The van der Waals surface area contributed by atoms with E-state index < -0.39 is 5.41 Å². The Bertz CT molecular complexity index is 3080. The second kappa shape index (κ2) is 14.8. The van der Waals surface area contributed by atoms with Crippen molar-refractivity contribution < 1.29 is 0 Å². The first-order valence-electron chi connectivity index (χ1n) is 22.0. The van der Waals surface area contributed by atoms with Gasteiger partial charge in [0.1, 0.15) is 0 Å². The third-order valence-electron chi connectivity index (χ3n) is 13.7. The van der Waals surface area contributed by atoms with E-state index in [2.05, 4.69) is 251 Å². The van der Waals surface area contributed by atoms with E-state index in [9.17, 15) is 0 Å². The summed E-state index contributed by atoms with van der Waals surface area (Å²) in [6, 6.07) is 81.4. The maximum atomic E-state index is 2.44. The van der Waals surface area contributed by atoms with E-state index in [1.807, 2.05) is 0 Å². The number of benzene rings is 9. The van der Waals surface area contributed by atoms with Crippen LogP contribution >= 0.6 is 0 Å². The Hall–Kier alpha value is -7.22. The molecule has 2 aliphatic rings. The molecule has 62 heavy (non-hydrogen) atoms. The Morgan fingerprint density at radius 3 is 1.58 bits per heavy atom. The second-order valence-electron chi connectivity index (χ2n) is 17.9. The first kappa shape index (κ1) is 37.8. The highest BCUT2D eigenvalue weighted by atomic mass is 15.1. The molecule has 0 unspecified atom stereocenters. The van der Waals surface area contributed by atoms with Crippen LogP contribution < -0.4 is 4.90 Å². The van der Waals surface area contributed by atoms with Crippen LogP contribution in [0, 0.1) is 0 Å². The van der Waals surface area contributed by atoms with Gasteiger partial charge in [-0.05, 0) is 132 Å². The van der Waals surface area contributed by atoms with Crippen molar-refractivity contribution in [2.75, 3.05) is 4.90 Å². The number of rotatable bonds is 8. The van der Waals surface area contributed by atoms with Gasteiger partial charge in [-0.3, -0.25) is 0 Å². The highest BCUT2D eigenvalue weighted by Gasteiger charge is 2.46.